The Morgan fingerprint density at radius 1 is 1.33 bits per heavy atom. The molecule has 0 bridgehead atoms. The van der Waals surface area contributed by atoms with Gasteiger partial charge in [0.25, 0.3) is 0 Å². The van der Waals surface area contributed by atoms with Crippen LogP contribution in [0.5, 0.6) is 5.75 Å². The van der Waals surface area contributed by atoms with Crippen LogP contribution >= 0.6 is 0 Å². The summed E-state index contributed by atoms with van der Waals surface area (Å²) in [4.78, 5) is 11.6. The van der Waals surface area contributed by atoms with Crippen LogP contribution in [0.3, 0.4) is 0 Å². The molecule has 0 radical (unpaired) electrons. The monoisotopic (exact) mass is 293 g/mol. The third-order valence-corrected chi connectivity index (χ3v) is 2.82. The number of carbonyl (C=O) groups excluding carboxylic acids is 1. The number of anilines is 1. The average Bonchev–Trinajstić information content (AvgIpc) is 2.37. The summed E-state index contributed by atoms with van der Waals surface area (Å²) in [5.74, 6) is 0.647. The van der Waals surface area contributed by atoms with Gasteiger partial charge in [0.05, 0.1) is 12.5 Å². The molecule has 0 aliphatic heterocycles. The molecule has 1 atom stereocenters. The fourth-order valence-corrected chi connectivity index (χ4v) is 1.70. The Kier molecular flexibility index (Phi) is 6.53. The zero-order valence-corrected chi connectivity index (χ0v) is 13.7. The molecule has 4 nitrogen and oxygen atoms in total. The van der Waals surface area contributed by atoms with Gasteiger partial charge in [0, 0.05) is 18.3 Å². The molecule has 118 valence electrons. The molecule has 4 heteroatoms. The summed E-state index contributed by atoms with van der Waals surface area (Å²) >= 11 is 0. The van der Waals surface area contributed by atoms with Crippen LogP contribution in [-0.2, 0) is 9.53 Å². The molecule has 21 heavy (non-hydrogen) atoms. The van der Waals surface area contributed by atoms with E-state index >= 15 is 0 Å². The van der Waals surface area contributed by atoms with E-state index in [0.29, 0.717) is 13.0 Å². The van der Waals surface area contributed by atoms with Crippen molar-refractivity contribution in [1.82, 2.24) is 0 Å². The Hall–Kier alpha value is -1.71. The van der Waals surface area contributed by atoms with Crippen LogP contribution in [-0.4, -0.2) is 24.2 Å². The number of hydrogen-bond donors (Lipinski definition) is 1. The fraction of sp³-hybridized carbons (Fsp3) is 0.588. The second-order valence-electron chi connectivity index (χ2n) is 6.13. The van der Waals surface area contributed by atoms with Crippen LogP contribution < -0.4 is 10.1 Å². The first-order valence-electron chi connectivity index (χ1n) is 7.52. The van der Waals surface area contributed by atoms with Crippen molar-refractivity contribution in [3.05, 3.63) is 24.3 Å². The maximum atomic E-state index is 11.6. The minimum Gasteiger partial charge on any atom is -0.491 e. The first-order chi connectivity index (χ1) is 9.80. The summed E-state index contributed by atoms with van der Waals surface area (Å²) in [5.41, 5.74) is 0.514. The summed E-state index contributed by atoms with van der Waals surface area (Å²) < 4.78 is 11.0. The molecule has 1 unspecified atom stereocenters. The van der Waals surface area contributed by atoms with Gasteiger partial charge >= 0.3 is 5.97 Å². The maximum absolute atomic E-state index is 11.6. The second-order valence-corrected chi connectivity index (χ2v) is 6.13. The van der Waals surface area contributed by atoms with Gasteiger partial charge < -0.3 is 14.8 Å². The highest BCUT2D eigenvalue weighted by Gasteiger charge is 2.15. The highest BCUT2D eigenvalue weighted by molar-refractivity contribution is 5.70. The van der Waals surface area contributed by atoms with E-state index in [9.17, 15) is 4.79 Å². The summed E-state index contributed by atoms with van der Waals surface area (Å²) in [7, 11) is 0. The maximum Gasteiger partial charge on any atom is 0.308 e. The van der Waals surface area contributed by atoms with Gasteiger partial charge in [0.1, 0.15) is 11.4 Å². The van der Waals surface area contributed by atoms with Crippen molar-refractivity contribution in [3.8, 4) is 5.75 Å². The van der Waals surface area contributed by atoms with Crippen LogP contribution in [0.1, 0.15) is 47.5 Å². The van der Waals surface area contributed by atoms with Crippen molar-refractivity contribution in [2.24, 2.45) is 0 Å². The van der Waals surface area contributed by atoms with Crippen molar-refractivity contribution in [2.45, 2.75) is 59.2 Å². The van der Waals surface area contributed by atoms with Gasteiger partial charge in [0.15, 0.2) is 0 Å². The van der Waals surface area contributed by atoms with E-state index in [0.717, 1.165) is 17.9 Å². The molecule has 0 fully saturated rings. The number of esters is 1. The molecular formula is C17H27NO3. The molecule has 0 aromatic heterocycles. The van der Waals surface area contributed by atoms with Gasteiger partial charge in [-0.2, -0.15) is 0 Å². The molecule has 0 spiro atoms. The van der Waals surface area contributed by atoms with Crippen molar-refractivity contribution in [3.63, 3.8) is 0 Å². The number of hydrogen-bond acceptors (Lipinski definition) is 4. The normalized spacial score (nSPS) is 12.6. The number of ether oxygens (including phenoxy) is 2. The molecule has 1 rings (SSSR count). The van der Waals surface area contributed by atoms with Crippen molar-refractivity contribution in [1.29, 1.82) is 0 Å². The van der Waals surface area contributed by atoms with Crippen LogP contribution in [0.2, 0.25) is 0 Å². The Bertz CT molecular complexity index is 452. The summed E-state index contributed by atoms with van der Waals surface area (Å²) in [6, 6.07) is 7.78. The highest BCUT2D eigenvalue weighted by Crippen LogP contribution is 2.19. The molecule has 0 aliphatic carbocycles. The van der Waals surface area contributed by atoms with E-state index in [-0.39, 0.29) is 12.1 Å². The van der Waals surface area contributed by atoms with Crippen molar-refractivity contribution in [2.75, 3.05) is 11.9 Å². The summed E-state index contributed by atoms with van der Waals surface area (Å²) in [5, 5.41) is 3.21. The van der Waals surface area contributed by atoms with E-state index in [1.54, 1.807) is 0 Å². The van der Waals surface area contributed by atoms with E-state index in [1.807, 2.05) is 52.0 Å². The zero-order chi connectivity index (χ0) is 15.9. The van der Waals surface area contributed by atoms with Crippen LogP contribution in [0.25, 0.3) is 0 Å². The Balaban J connectivity index is 2.42. The lowest BCUT2D eigenvalue weighted by Gasteiger charge is -2.19. The Labute approximate surface area is 127 Å². The van der Waals surface area contributed by atoms with E-state index in [1.165, 1.54) is 0 Å². The third-order valence-electron chi connectivity index (χ3n) is 2.82. The van der Waals surface area contributed by atoms with Crippen LogP contribution in [0.15, 0.2) is 24.3 Å². The SMILES string of the molecule is CCC(C)Oc1cccc(NCCC(=O)OC(C)(C)C)c1. The van der Waals surface area contributed by atoms with Crippen LogP contribution in [0, 0.1) is 0 Å². The van der Waals surface area contributed by atoms with Gasteiger partial charge in [-0.15, -0.1) is 0 Å². The van der Waals surface area contributed by atoms with Crippen LogP contribution in [0.4, 0.5) is 5.69 Å². The lowest BCUT2D eigenvalue weighted by Crippen LogP contribution is -2.25. The third kappa shape index (κ3) is 7.59. The summed E-state index contributed by atoms with van der Waals surface area (Å²) in [6.07, 6.45) is 1.51. The minimum atomic E-state index is -0.429. The molecule has 0 amide bonds. The number of rotatable bonds is 7. The summed E-state index contributed by atoms with van der Waals surface area (Å²) in [6.45, 7) is 10.3. The van der Waals surface area contributed by atoms with Gasteiger partial charge in [-0.05, 0) is 46.2 Å². The topological polar surface area (TPSA) is 47.6 Å². The molecular weight excluding hydrogens is 266 g/mol. The second kappa shape index (κ2) is 7.91. The largest absolute Gasteiger partial charge is 0.491 e. The van der Waals surface area contributed by atoms with Crippen molar-refractivity contribution < 1.29 is 14.3 Å². The lowest BCUT2D eigenvalue weighted by molar-refractivity contribution is -0.154. The number of carbonyl (C=O) groups is 1. The van der Waals surface area contributed by atoms with Gasteiger partial charge in [-0.25, -0.2) is 0 Å². The highest BCUT2D eigenvalue weighted by atomic mass is 16.6. The van der Waals surface area contributed by atoms with Gasteiger partial charge in [-0.1, -0.05) is 13.0 Å². The Morgan fingerprint density at radius 3 is 2.67 bits per heavy atom. The molecule has 0 heterocycles. The predicted octanol–water partition coefficient (Wildman–Crippen LogP) is 4.01. The standard InChI is InChI=1S/C17H27NO3/c1-6-13(2)20-15-9-7-8-14(12-15)18-11-10-16(19)21-17(3,4)5/h7-9,12-13,18H,6,10-11H2,1-5H3. The minimum absolute atomic E-state index is 0.193. The quantitative estimate of drug-likeness (QED) is 0.772. The van der Waals surface area contributed by atoms with E-state index < -0.39 is 5.60 Å². The molecule has 1 N–H and O–H groups in total. The average molecular weight is 293 g/mol. The lowest BCUT2D eigenvalue weighted by atomic mass is 10.2. The smallest absolute Gasteiger partial charge is 0.308 e. The molecule has 0 saturated carbocycles. The van der Waals surface area contributed by atoms with Gasteiger partial charge in [0.2, 0.25) is 0 Å². The van der Waals surface area contributed by atoms with E-state index in [4.69, 9.17) is 9.47 Å². The molecule has 1 aromatic rings. The van der Waals surface area contributed by atoms with E-state index in [2.05, 4.69) is 12.2 Å². The zero-order valence-electron chi connectivity index (χ0n) is 13.7. The number of benzene rings is 1. The molecule has 1 aromatic carbocycles. The Morgan fingerprint density at radius 2 is 2.05 bits per heavy atom. The first-order valence-corrected chi connectivity index (χ1v) is 7.52. The predicted molar refractivity (Wildman–Crippen MR) is 85.8 cm³/mol. The van der Waals surface area contributed by atoms with Gasteiger partial charge in [-0.3, -0.25) is 4.79 Å². The van der Waals surface area contributed by atoms with Crippen molar-refractivity contribution >= 4 is 11.7 Å². The number of nitrogens with one attached hydrogen (secondary N) is 1. The first kappa shape index (κ1) is 17.3. The fourth-order valence-electron chi connectivity index (χ4n) is 1.70. The molecule has 0 aliphatic rings. The molecule has 0 saturated heterocycles.